The van der Waals surface area contributed by atoms with Crippen LogP contribution in [0.5, 0.6) is 5.75 Å². The molecule has 1 saturated heterocycles. The highest BCUT2D eigenvalue weighted by atomic mass is 16.5. The Morgan fingerprint density at radius 3 is 2.67 bits per heavy atom. The molecule has 0 radical (unpaired) electrons. The average Bonchev–Trinajstić information content (AvgIpc) is 2.88. The van der Waals surface area contributed by atoms with E-state index in [-0.39, 0.29) is 18.1 Å². The fourth-order valence-corrected chi connectivity index (χ4v) is 2.86. The van der Waals surface area contributed by atoms with E-state index in [2.05, 4.69) is 4.98 Å². The van der Waals surface area contributed by atoms with E-state index >= 15 is 0 Å². The second kappa shape index (κ2) is 5.41. The molecule has 0 saturated carbocycles. The molecule has 112 valence electrons. The lowest BCUT2D eigenvalue weighted by Crippen LogP contribution is -2.48. The third-order valence-electron chi connectivity index (χ3n) is 3.77. The molecule has 1 aromatic carbocycles. The van der Waals surface area contributed by atoms with Gasteiger partial charge in [-0.1, -0.05) is 0 Å². The number of aromatic amines is 1. The highest BCUT2D eigenvalue weighted by Gasteiger charge is 2.27. The van der Waals surface area contributed by atoms with E-state index in [9.17, 15) is 4.79 Å². The molecule has 0 unspecified atom stereocenters. The predicted molar refractivity (Wildman–Crippen MR) is 80.8 cm³/mol. The maximum Gasteiger partial charge on any atom is 0.270 e. The summed E-state index contributed by atoms with van der Waals surface area (Å²) in [6.07, 6.45) is 0.143. The normalized spacial score (nSPS) is 22.5. The quantitative estimate of drug-likeness (QED) is 0.923. The molecule has 2 heterocycles. The van der Waals surface area contributed by atoms with Crippen molar-refractivity contribution >= 4 is 16.8 Å². The smallest absolute Gasteiger partial charge is 0.270 e. The SMILES string of the molecule is COc1ccc2cc(C(=O)N3C[C@H](C)O[C@@H](C)C3)[nH]c2c1. The summed E-state index contributed by atoms with van der Waals surface area (Å²) in [5.74, 6) is 0.795. The number of aromatic nitrogens is 1. The number of nitrogens with one attached hydrogen (secondary N) is 1. The second-order valence-electron chi connectivity index (χ2n) is 5.60. The van der Waals surface area contributed by atoms with Crippen molar-refractivity contribution in [2.45, 2.75) is 26.1 Å². The minimum absolute atomic E-state index is 0.0205. The third-order valence-corrected chi connectivity index (χ3v) is 3.77. The van der Waals surface area contributed by atoms with Gasteiger partial charge in [-0.15, -0.1) is 0 Å². The van der Waals surface area contributed by atoms with Gasteiger partial charge in [-0.3, -0.25) is 4.79 Å². The minimum atomic E-state index is 0.0205. The number of rotatable bonds is 2. The lowest BCUT2D eigenvalue weighted by molar-refractivity contribution is -0.0587. The molecule has 2 atom stereocenters. The Morgan fingerprint density at radius 1 is 1.29 bits per heavy atom. The Bertz CT molecular complexity index is 655. The molecule has 1 amide bonds. The predicted octanol–water partition coefficient (Wildman–Crippen LogP) is 2.43. The van der Waals surface area contributed by atoms with E-state index in [4.69, 9.17) is 9.47 Å². The molecule has 1 aliphatic heterocycles. The zero-order chi connectivity index (χ0) is 15.0. The Kier molecular flexibility index (Phi) is 3.59. The summed E-state index contributed by atoms with van der Waals surface area (Å²) in [4.78, 5) is 17.7. The first-order valence-electron chi connectivity index (χ1n) is 7.18. The fraction of sp³-hybridized carbons (Fsp3) is 0.438. The highest BCUT2D eigenvalue weighted by molar-refractivity contribution is 5.98. The van der Waals surface area contributed by atoms with Gasteiger partial charge in [0.15, 0.2) is 0 Å². The van der Waals surface area contributed by atoms with Crippen LogP contribution in [0.3, 0.4) is 0 Å². The summed E-state index contributed by atoms with van der Waals surface area (Å²) in [6.45, 7) is 5.24. The number of morpholine rings is 1. The van der Waals surface area contributed by atoms with Crippen molar-refractivity contribution < 1.29 is 14.3 Å². The fourth-order valence-electron chi connectivity index (χ4n) is 2.86. The molecular formula is C16H20N2O3. The number of nitrogens with zero attached hydrogens (tertiary/aromatic N) is 1. The number of carbonyl (C=O) groups excluding carboxylic acids is 1. The maximum atomic E-state index is 12.6. The van der Waals surface area contributed by atoms with Crippen LogP contribution in [-0.2, 0) is 4.74 Å². The lowest BCUT2D eigenvalue weighted by atomic mass is 10.2. The van der Waals surface area contributed by atoms with Crippen LogP contribution in [0.25, 0.3) is 10.9 Å². The van der Waals surface area contributed by atoms with Crippen molar-refractivity contribution in [1.29, 1.82) is 0 Å². The van der Waals surface area contributed by atoms with Gasteiger partial charge in [-0.05, 0) is 32.0 Å². The van der Waals surface area contributed by atoms with Crippen LogP contribution in [0.1, 0.15) is 24.3 Å². The lowest BCUT2D eigenvalue weighted by Gasteiger charge is -2.35. The van der Waals surface area contributed by atoms with Crippen LogP contribution in [0.15, 0.2) is 24.3 Å². The molecule has 0 spiro atoms. The molecule has 21 heavy (non-hydrogen) atoms. The largest absolute Gasteiger partial charge is 0.497 e. The van der Waals surface area contributed by atoms with Crippen LogP contribution in [-0.4, -0.2) is 48.2 Å². The number of amides is 1. The van der Waals surface area contributed by atoms with Crippen LogP contribution in [0, 0.1) is 0 Å². The molecule has 1 aliphatic rings. The molecular weight excluding hydrogens is 268 g/mol. The van der Waals surface area contributed by atoms with Gasteiger partial charge in [-0.25, -0.2) is 0 Å². The molecule has 5 nitrogen and oxygen atoms in total. The summed E-state index contributed by atoms with van der Waals surface area (Å²) in [6, 6.07) is 7.63. The van der Waals surface area contributed by atoms with Crippen LogP contribution >= 0.6 is 0 Å². The first-order valence-corrected chi connectivity index (χ1v) is 7.18. The van der Waals surface area contributed by atoms with Crippen molar-refractivity contribution in [3.8, 4) is 5.75 Å². The first-order chi connectivity index (χ1) is 10.1. The zero-order valence-electron chi connectivity index (χ0n) is 12.6. The summed E-state index contributed by atoms with van der Waals surface area (Å²) in [5.41, 5.74) is 1.52. The Balaban J connectivity index is 1.87. The molecule has 0 bridgehead atoms. The van der Waals surface area contributed by atoms with E-state index < -0.39 is 0 Å². The van der Waals surface area contributed by atoms with E-state index in [1.165, 1.54) is 0 Å². The van der Waals surface area contributed by atoms with Gasteiger partial charge in [-0.2, -0.15) is 0 Å². The molecule has 5 heteroatoms. The maximum absolute atomic E-state index is 12.6. The standard InChI is InChI=1S/C16H20N2O3/c1-10-8-18(9-11(2)21-10)16(19)15-6-12-4-5-13(20-3)7-14(12)17-15/h4-7,10-11,17H,8-9H2,1-3H3/t10-,11-/m0/s1. The summed E-state index contributed by atoms with van der Waals surface area (Å²) < 4.78 is 10.9. The third kappa shape index (κ3) is 2.74. The number of H-pyrrole nitrogens is 1. The Morgan fingerprint density at radius 2 is 2.00 bits per heavy atom. The van der Waals surface area contributed by atoms with Gasteiger partial charge in [0, 0.05) is 30.1 Å². The number of hydrogen-bond acceptors (Lipinski definition) is 3. The topological polar surface area (TPSA) is 54.6 Å². The van der Waals surface area contributed by atoms with Gasteiger partial charge in [0.1, 0.15) is 11.4 Å². The molecule has 0 aliphatic carbocycles. The molecule has 2 aromatic rings. The summed E-state index contributed by atoms with van der Waals surface area (Å²) in [7, 11) is 1.63. The van der Waals surface area contributed by atoms with E-state index in [1.807, 2.05) is 43.0 Å². The van der Waals surface area contributed by atoms with E-state index in [0.717, 1.165) is 16.7 Å². The van der Waals surface area contributed by atoms with Crippen molar-refractivity contribution in [3.05, 3.63) is 30.0 Å². The molecule has 1 aromatic heterocycles. The molecule has 1 fully saturated rings. The van der Waals surface area contributed by atoms with Gasteiger partial charge >= 0.3 is 0 Å². The number of benzene rings is 1. The minimum Gasteiger partial charge on any atom is -0.497 e. The number of fused-ring (bicyclic) bond motifs is 1. The van der Waals surface area contributed by atoms with Crippen molar-refractivity contribution in [2.75, 3.05) is 20.2 Å². The average molecular weight is 288 g/mol. The van der Waals surface area contributed by atoms with Gasteiger partial charge in [0.2, 0.25) is 0 Å². The summed E-state index contributed by atoms with van der Waals surface area (Å²) >= 11 is 0. The number of methoxy groups -OCH3 is 1. The van der Waals surface area contributed by atoms with Crippen LogP contribution in [0.2, 0.25) is 0 Å². The monoisotopic (exact) mass is 288 g/mol. The number of carbonyl (C=O) groups is 1. The van der Waals surface area contributed by atoms with Crippen LogP contribution < -0.4 is 4.74 Å². The van der Waals surface area contributed by atoms with Crippen molar-refractivity contribution in [2.24, 2.45) is 0 Å². The molecule has 3 rings (SSSR count). The number of ether oxygens (including phenoxy) is 2. The van der Waals surface area contributed by atoms with Crippen LogP contribution in [0.4, 0.5) is 0 Å². The summed E-state index contributed by atoms with van der Waals surface area (Å²) in [5, 5.41) is 1.01. The van der Waals surface area contributed by atoms with E-state index in [0.29, 0.717) is 18.8 Å². The Hall–Kier alpha value is -2.01. The second-order valence-corrected chi connectivity index (χ2v) is 5.60. The number of hydrogen-bond donors (Lipinski definition) is 1. The first kappa shape index (κ1) is 13.9. The Labute approximate surface area is 123 Å². The van der Waals surface area contributed by atoms with E-state index in [1.54, 1.807) is 7.11 Å². The van der Waals surface area contributed by atoms with Gasteiger partial charge in [0.05, 0.1) is 19.3 Å². The highest BCUT2D eigenvalue weighted by Crippen LogP contribution is 2.22. The van der Waals surface area contributed by atoms with Crippen molar-refractivity contribution in [1.82, 2.24) is 9.88 Å². The van der Waals surface area contributed by atoms with Gasteiger partial charge in [0.25, 0.3) is 5.91 Å². The molecule has 1 N–H and O–H groups in total. The zero-order valence-corrected chi connectivity index (χ0v) is 12.6. The van der Waals surface area contributed by atoms with Crippen molar-refractivity contribution in [3.63, 3.8) is 0 Å². The van der Waals surface area contributed by atoms with Gasteiger partial charge < -0.3 is 19.4 Å².